The van der Waals surface area contributed by atoms with Gasteiger partial charge in [-0.3, -0.25) is 4.79 Å². The first-order valence-corrected chi connectivity index (χ1v) is 6.37. The second-order valence-electron chi connectivity index (χ2n) is 4.61. The number of carbonyl (C=O) groups is 1. The Morgan fingerprint density at radius 1 is 1.53 bits per heavy atom. The normalized spacial score (nSPS) is 13.5. The predicted octanol–water partition coefficient (Wildman–Crippen LogP) is 2.08. The minimum Gasteiger partial charge on any atom is -0.481 e. The number of ether oxygens (including phenoxy) is 1. The molecule has 0 radical (unpaired) electrons. The quantitative estimate of drug-likeness (QED) is 0.771. The van der Waals surface area contributed by atoms with E-state index in [9.17, 15) is 4.79 Å². The van der Waals surface area contributed by atoms with Gasteiger partial charge in [-0.25, -0.2) is 0 Å². The summed E-state index contributed by atoms with van der Waals surface area (Å²) >= 11 is 0. The highest BCUT2D eigenvalue weighted by atomic mass is 16.5. The van der Waals surface area contributed by atoms with Crippen molar-refractivity contribution in [3.8, 4) is 5.75 Å². The number of hydrogen-bond acceptors (Lipinski definition) is 3. The predicted molar refractivity (Wildman–Crippen MR) is 77.1 cm³/mol. The van der Waals surface area contributed by atoms with E-state index in [-0.39, 0.29) is 11.9 Å². The molecule has 0 spiro atoms. The highest BCUT2D eigenvalue weighted by Gasteiger charge is 2.15. The van der Waals surface area contributed by atoms with E-state index in [0.29, 0.717) is 12.3 Å². The van der Waals surface area contributed by atoms with Crippen LogP contribution in [0.15, 0.2) is 30.9 Å². The van der Waals surface area contributed by atoms with Gasteiger partial charge >= 0.3 is 0 Å². The van der Waals surface area contributed by atoms with Crippen molar-refractivity contribution in [1.82, 2.24) is 5.32 Å². The van der Waals surface area contributed by atoms with Gasteiger partial charge in [-0.15, -0.1) is 6.58 Å². The maximum atomic E-state index is 11.7. The van der Waals surface area contributed by atoms with Gasteiger partial charge in [-0.2, -0.15) is 0 Å². The summed E-state index contributed by atoms with van der Waals surface area (Å²) in [5, 5.41) is 2.70. The maximum Gasteiger partial charge on any atom is 0.261 e. The lowest BCUT2D eigenvalue weighted by Crippen LogP contribution is -2.36. The summed E-state index contributed by atoms with van der Waals surface area (Å²) < 4.78 is 5.65. The van der Waals surface area contributed by atoms with E-state index in [1.165, 1.54) is 0 Å². The summed E-state index contributed by atoms with van der Waals surface area (Å²) in [4.78, 5) is 11.7. The van der Waals surface area contributed by atoms with E-state index >= 15 is 0 Å². The first kappa shape index (κ1) is 15.2. The Morgan fingerprint density at radius 3 is 2.74 bits per heavy atom. The van der Waals surface area contributed by atoms with E-state index in [0.717, 1.165) is 11.1 Å². The van der Waals surface area contributed by atoms with Gasteiger partial charge in [-0.1, -0.05) is 18.2 Å². The van der Waals surface area contributed by atoms with Crippen molar-refractivity contribution in [3.05, 3.63) is 42.0 Å². The molecular weight excluding hydrogens is 240 g/mol. The lowest BCUT2D eigenvalue weighted by atomic mass is 10.1. The van der Waals surface area contributed by atoms with Crippen molar-refractivity contribution in [3.63, 3.8) is 0 Å². The average molecular weight is 262 g/mol. The molecule has 3 N–H and O–H groups in total. The van der Waals surface area contributed by atoms with Crippen LogP contribution in [0, 0.1) is 6.92 Å². The van der Waals surface area contributed by atoms with Gasteiger partial charge in [-0.05, 0) is 38.0 Å². The van der Waals surface area contributed by atoms with Crippen molar-refractivity contribution >= 4 is 5.91 Å². The van der Waals surface area contributed by atoms with Gasteiger partial charge in [0.25, 0.3) is 5.91 Å². The van der Waals surface area contributed by atoms with Crippen LogP contribution >= 0.6 is 0 Å². The molecule has 0 aliphatic heterocycles. The minimum atomic E-state index is -0.542. The second-order valence-corrected chi connectivity index (χ2v) is 4.61. The maximum absolute atomic E-state index is 11.7. The first-order chi connectivity index (χ1) is 8.95. The van der Waals surface area contributed by atoms with E-state index in [4.69, 9.17) is 10.5 Å². The number of benzene rings is 1. The Bertz CT molecular complexity index is 455. The zero-order chi connectivity index (χ0) is 14.4. The van der Waals surface area contributed by atoms with E-state index in [1.54, 1.807) is 13.0 Å². The van der Waals surface area contributed by atoms with Gasteiger partial charge in [0.15, 0.2) is 6.10 Å². The molecule has 0 heterocycles. The molecule has 0 aliphatic carbocycles. The largest absolute Gasteiger partial charge is 0.481 e. The van der Waals surface area contributed by atoms with Gasteiger partial charge in [0.05, 0.1) is 0 Å². The van der Waals surface area contributed by atoms with Crippen molar-refractivity contribution < 1.29 is 9.53 Å². The number of rotatable bonds is 6. The Hall–Kier alpha value is -1.81. The molecule has 104 valence electrons. The third-order valence-electron chi connectivity index (χ3n) is 2.82. The summed E-state index contributed by atoms with van der Waals surface area (Å²) in [7, 11) is 0. The van der Waals surface area contributed by atoms with Gasteiger partial charge in [0.1, 0.15) is 5.75 Å². The molecule has 1 aromatic rings. The first-order valence-electron chi connectivity index (χ1n) is 6.37. The van der Waals surface area contributed by atoms with Crippen LogP contribution in [0.3, 0.4) is 0 Å². The van der Waals surface area contributed by atoms with Crippen molar-refractivity contribution in [1.29, 1.82) is 0 Å². The smallest absolute Gasteiger partial charge is 0.261 e. The molecule has 0 saturated heterocycles. The van der Waals surface area contributed by atoms with Crippen molar-refractivity contribution in [2.75, 3.05) is 6.54 Å². The van der Waals surface area contributed by atoms with Crippen LogP contribution in [-0.2, 0) is 4.79 Å². The Morgan fingerprint density at radius 2 is 2.21 bits per heavy atom. The van der Waals surface area contributed by atoms with Crippen LogP contribution in [0.5, 0.6) is 5.75 Å². The standard InChI is InChI=1S/C15H22N2O2/c1-5-8-17-15(18)12(4)19-14-7-6-13(11(3)16)9-10(14)2/h5-7,9,11-12H,1,8,16H2,2-4H3,(H,17,18)/t11-,12?/m0/s1. The molecule has 4 nitrogen and oxygen atoms in total. The monoisotopic (exact) mass is 262 g/mol. The van der Waals surface area contributed by atoms with Gasteiger partial charge in [0.2, 0.25) is 0 Å². The summed E-state index contributed by atoms with van der Waals surface area (Å²) in [6.07, 6.45) is 1.09. The number of hydrogen-bond donors (Lipinski definition) is 2. The second kappa shape index (κ2) is 6.95. The molecule has 19 heavy (non-hydrogen) atoms. The zero-order valence-corrected chi connectivity index (χ0v) is 11.8. The van der Waals surface area contributed by atoms with E-state index in [2.05, 4.69) is 11.9 Å². The molecule has 0 aliphatic rings. The zero-order valence-electron chi connectivity index (χ0n) is 11.8. The molecule has 4 heteroatoms. The molecule has 1 rings (SSSR count). The number of amides is 1. The molecule has 0 saturated carbocycles. The summed E-state index contributed by atoms with van der Waals surface area (Å²) in [6, 6.07) is 5.74. The van der Waals surface area contributed by atoms with Gasteiger partial charge in [0, 0.05) is 12.6 Å². The van der Waals surface area contributed by atoms with Crippen LogP contribution in [0.1, 0.15) is 31.0 Å². The van der Waals surface area contributed by atoms with E-state index < -0.39 is 6.10 Å². The molecule has 1 amide bonds. The summed E-state index contributed by atoms with van der Waals surface area (Å²) in [6.45, 7) is 9.58. The fourth-order valence-corrected chi connectivity index (χ4v) is 1.65. The lowest BCUT2D eigenvalue weighted by molar-refractivity contribution is -0.127. The molecule has 1 unspecified atom stereocenters. The molecular formula is C15H22N2O2. The molecule has 1 aromatic carbocycles. The van der Waals surface area contributed by atoms with Crippen LogP contribution in [-0.4, -0.2) is 18.6 Å². The molecule has 0 aromatic heterocycles. The van der Waals surface area contributed by atoms with Gasteiger partial charge < -0.3 is 15.8 Å². The molecule has 0 fully saturated rings. The summed E-state index contributed by atoms with van der Waals surface area (Å²) in [5.41, 5.74) is 7.84. The summed E-state index contributed by atoms with van der Waals surface area (Å²) in [5.74, 6) is 0.543. The topological polar surface area (TPSA) is 64.3 Å². The lowest BCUT2D eigenvalue weighted by Gasteiger charge is -2.17. The number of aryl methyl sites for hydroxylation is 1. The third kappa shape index (κ3) is 4.41. The fourth-order valence-electron chi connectivity index (χ4n) is 1.65. The number of nitrogens with two attached hydrogens (primary N) is 1. The Kier molecular flexibility index (Phi) is 5.57. The Balaban J connectivity index is 2.71. The SMILES string of the molecule is C=CCNC(=O)C(C)Oc1ccc([C@H](C)N)cc1C. The number of nitrogens with one attached hydrogen (secondary N) is 1. The van der Waals surface area contributed by atoms with Crippen molar-refractivity contribution in [2.45, 2.75) is 32.9 Å². The Labute approximate surface area is 114 Å². The molecule has 0 bridgehead atoms. The van der Waals surface area contributed by atoms with Crippen LogP contribution in [0.25, 0.3) is 0 Å². The number of carbonyl (C=O) groups excluding carboxylic acids is 1. The third-order valence-corrected chi connectivity index (χ3v) is 2.82. The van der Waals surface area contributed by atoms with Crippen LogP contribution < -0.4 is 15.8 Å². The fraction of sp³-hybridized carbons (Fsp3) is 0.400. The van der Waals surface area contributed by atoms with Crippen LogP contribution in [0.4, 0.5) is 0 Å². The molecule has 2 atom stereocenters. The van der Waals surface area contributed by atoms with Crippen LogP contribution in [0.2, 0.25) is 0 Å². The van der Waals surface area contributed by atoms with E-state index in [1.807, 2.05) is 32.0 Å². The highest BCUT2D eigenvalue weighted by molar-refractivity contribution is 5.80. The minimum absolute atomic E-state index is 0.0129. The average Bonchev–Trinajstić information content (AvgIpc) is 2.37. The van der Waals surface area contributed by atoms with Crippen molar-refractivity contribution in [2.24, 2.45) is 5.73 Å². The highest BCUT2D eigenvalue weighted by Crippen LogP contribution is 2.22.